The molecule has 2 nitrogen and oxygen atoms in total. The molecule has 0 aromatic heterocycles. The summed E-state index contributed by atoms with van der Waals surface area (Å²) in [5.41, 5.74) is 6.90. The van der Waals surface area contributed by atoms with Crippen LogP contribution in [0.1, 0.15) is 65.2 Å². The van der Waals surface area contributed by atoms with E-state index >= 15 is 0 Å². The van der Waals surface area contributed by atoms with Crippen LogP contribution in [0.4, 0.5) is 0 Å². The predicted molar refractivity (Wildman–Crippen MR) is 71.9 cm³/mol. The Balaban J connectivity index is 1.79. The van der Waals surface area contributed by atoms with Gasteiger partial charge in [-0.25, -0.2) is 0 Å². The molecule has 2 heteroatoms. The molecule has 2 rings (SSSR count). The van der Waals surface area contributed by atoms with E-state index in [9.17, 15) is 0 Å². The average Bonchev–Trinajstić information content (AvgIpc) is 2.78. The first-order chi connectivity index (χ1) is 8.09. The van der Waals surface area contributed by atoms with Gasteiger partial charge in [0.15, 0.2) is 0 Å². The molecule has 3 atom stereocenters. The molecule has 1 aliphatic carbocycles. The third kappa shape index (κ3) is 3.45. The van der Waals surface area contributed by atoms with Crippen molar-refractivity contribution in [3.8, 4) is 0 Å². The molecule has 0 amide bonds. The van der Waals surface area contributed by atoms with Crippen molar-refractivity contribution in [2.24, 2.45) is 17.1 Å². The smallest absolute Gasteiger partial charge is 0.0576 e. The minimum atomic E-state index is 0.384. The summed E-state index contributed by atoms with van der Waals surface area (Å²) in [6.07, 6.45) is 10.8. The van der Waals surface area contributed by atoms with Crippen LogP contribution in [0.5, 0.6) is 0 Å². The van der Waals surface area contributed by atoms with E-state index in [0.29, 0.717) is 17.6 Å². The molecule has 0 aromatic rings. The van der Waals surface area contributed by atoms with E-state index in [4.69, 9.17) is 10.5 Å². The Morgan fingerprint density at radius 1 is 1.24 bits per heavy atom. The second-order valence-corrected chi connectivity index (χ2v) is 6.72. The van der Waals surface area contributed by atoms with Gasteiger partial charge in [0.2, 0.25) is 0 Å². The highest BCUT2D eigenvalue weighted by atomic mass is 16.5. The molecule has 3 unspecified atom stereocenters. The van der Waals surface area contributed by atoms with Gasteiger partial charge in [-0.3, -0.25) is 0 Å². The lowest BCUT2D eigenvalue weighted by molar-refractivity contribution is 0.0800. The molecule has 1 saturated heterocycles. The lowest BCUT2D eigenvalue weighted by Gasteiger charge is -2.42. The molecule has 0 radical (unpaired) electrons. The van der Waals surface area contributed by atoms with Crippen LogP contribution in [0.2, 0.25) is 0 Å². The second kappa shape index (κ2) is 5.71. The van der Waals surface area contributed by atoms with Gasteiger partial charge in [-0.05, 0) is 49.9 Å². The van der Waals surface area contributed by atoms with Crippen LogP contribution in [0, 0.1) is 11.3 Å². The lowest BCUT2D eigenvalue weighted by atomic mass is 9.65. The molecule has 1 heterocycles. The Morgan fingerprint density at radius 2 is 2.06 bits per heavy atom. The monoisotopic (exact) mass is 239 g/mol. The van der Waals surface area contributed by atoms with Crippen molar-refractivity contribution in [3.63, 3.8) is 0 Å². The fourth-order valence-electron chi connectivity index (χ4n) is 3.77. The van der Waals surface area contributed by atoms with Gasteiger partial charge < -0.3 is 10.5 Å². The van der Waals surface area contributed by atoms with E-state index < -0.39 is 0 Å². The van der Waals surface area contributed by atoms with Crippen LogP contribution in [0.15, 0.2) is 0 Å². The molecule has 1 aliphatic heterocycles. The van der Waals surface area contributed by atoms with Crippen LogP contribution in [-0.4, -0.2) is 18.8 Å². The summed E-state index contributed by atoms with van der Waals surface area (Å²) in [5, 5.41) is 0. The number of hydrogen-bond donors (Lipinski definition) is 1. The fourth-order valence-corrected chi connectivity index (χ4v) is 3.77. The molecule has 0 aromatic carbocycles. The van der Waals surface area contributed by atoms with Gasteiger partial charge in [0.25, 0.3) is 0 Å². The van der Waals surface area contributed by atoms with E-state index in [-0.39, 0.29) is 0 Å². The quantitative estimate of drug-likeness (QED) is 0.815. The summed E-state index contributed by atoms with van der Waals surface area (Å²) >= 11 is 0. The molecule has 1 saturated carbocycles. The Labute approximate surface area is 106 Å². The van der Waals surface area contributed by atoms with Crippen LogP contribution < -0.4 is 5.73 Å². The number of rotatable bonds is 4. The maximum absolute atomic E-state index is 6.45. The first-order valence-electron chi connectivity index (χ1n) is 7.47. The highest BCUT2D eigenvalue weighted by Gasteiger charge is 2.36. The fraction of sp³-hybridized carbons (Fsp3) is 1.00. The minimum absolute atomic E-state index is 0.384. The van der Waals surface area contributed by atoms with Gasteiger partial charge in [0.05, 0.1) is 6.10 Å². The maximum Gasteiger partial charge on any atom is 0.0576 e. The molecule has 0 spiro atoms. The summed E-state index contributed by atoms with van der Waals surface area (Å²) in [5.74, 6) is 0.720. The van der Waals surface area contributed by atoms with Gasteiger partial charge in [-0.1, -0.05) is 26.7 Å². The Bertz CT molecular complexity index is 233. The zero-order chi connectivity index (χ0) is 12.3. The molecule has 0 bridgehead atoms. The molecular weight excluding hydrogens is 210 g/mol. The largest absolute Gasteiger partial charge is 0.378 e. The summed E-state index contributed by atoms with van der Waals surface area (Å²) < 4.78 is 5.69. The zero-order valence-electron chi connectivity index (χ0n) is 11.6. The van der Waals surface area contributed by atoms with E-state index in [0.717, 1.165) is 18.9 Å². The van der Waals surface area contributed by atoms with Crippen molar-refractivity contribution < 1.29 is 4.74 Å². The van der Waals surface area contributed by atoms with E-state index in [1.54, 1.807) is 0 Å². The number of hydrogen-bond acceptors (Lipinski definition) is 2. The van der Waals surface area contributed by atoms with Crippen LogP contribution in [0.3, 0.4) is 0 Å². The lowest BCUT2D eigenvalue weighted by Crippen LogP contribution is -2.42. The van der Waals surface area contributed by atoms with Crippen molar-refractivity contribution in [3.05, 3.63) is 0 Å². The van der Waals surface area contributed by atoms with Gasteiger partial charge >= 0.3 is 0 Å². The third-order valence-electron chi connectivity index (χ3n) is 4.95. The summed E-state index contributed by atoms with van der Waals surface area (Å²) in [6, 6.07) is 0.384. The highest BCUT2D eigenvalue weighted by Crippen LogP contribution is 2.42. The number of ether oxygens (including phenoxy) is 1. The minimum Gasteiger partial charge on any atom is -0.378 e. The summed E-state index contributed by atoms with van der Waals surface area (Å²) in [4.78, 5) is 0. The van der Waals surface area contributed by atoms with Crippen molar-refractivity contribution in [2.45, 2.75) is 77.4 Å². The van der Waals surface area contributed by atoms with Gasteiger partial charge in [-0.15, -0.1) is 0 Å². The van der Waals surface area contributed by atoms with Gasteiger partial charge in [0.1, 0.15) is 0 Å². The first-order valence-corrected chi connectivity index (χ1v) is 7.47. The Kier molecular flexibility index (Phi) is 4.48. The van der Waals surface area contributed by atoms with Crippen molar-refractivity contribution in [1.82, 2.24) is 0 Å². The average molecular weight is 239 g/mol. The van der Waals surface area contributed by atoms with E-state index in [2.05, 4.69) is 13.8 Å². The molecule has 2 aliphatic rings. The van der Waals surface area contributed by atoms with Gasteiger partial charge in [0, 0.05) is 12.6 Å². The second-order valence-electron chi connectivity index (χ2n) is 6.72. The Morgan fingerprint density at radius 3 is 2.71 bits per heavy atom. The molecule has 2 fully saturated rings. The van der Waals surface area contributed by atoms with E-state index in [1.165, 1.54) is 44.9 Å². The SMILES string of the molecule is CC1(C)CCCCC1C(N)CCC1CCCO1. The van der Waals surface area contributed by atoms with Crippen LogP contribution in [-0.2, 0) is 4.74 Å². The maximum atomic E-state index is 6.45. The predicted octanol–water partition coefficient (Wildman–Crippen LogP) is 3.49. The van der Waals surface area contributed by atoms with Gasteiger partial charge in [-0.2, -0.15) is 0 Å². The van der Waals surface area contributed by atoms with Crippen LogP contribution in [0.25, 0.3) is 0 Å². The molecule has 17 heavy (non-hydrogen) atoms. The summed E-state index contributed by atoms with van der Waals surface area (Å²) in [7, 11) is 0. The Hall–Kier alpha value is -0.0800. The highest BCUT2D eigenvalue weighted by molar-refractivity contribution is 4.89. The number of nitrogens with two attached hydrogens (primary N) is 1. The zero-order valence-corrected chi connectivity index (χ0v) is 11.6. The van der Waals surface area contributed by atoms with Crippen LogP contribution >= 0.6 is 0 Å². The third-order valence-corrected chi connectivity index (χ3v) is 4.95. The van der Waals surface area contributed by atoms with Crippen molar-refractivity contribution in [2.75, 3.05) is 6.61 Å². The first kappa shape index (κ1) is 13.4. The van der Waals surface area contributed by atoms with Crippen molar-refractivity contribution in [1.29, 1.82) is 0 Å². The molecule has 100 valence electrons. The topological polar surface area (TPSA) is 35.2 Å². The van der Waals surface area contributed by atoms with E-state index in [1.807, 2.05) is 0 Å². The standard InChI is InChI=1S/C15H29NO/c1-15(2)10-4-3-7-13(15)14(16)9-8-12-6-5-11-17-12/h12-14H,3-11,16H2,1-2H3. The summed E-state index contributed by atoms with van der Waals surface area (Å²) in [6.45, 7) is 5.78. The molecular formula is C15H29NO. The normalized spacial score (nSPS) is 34.8. The molecule has 2 N–H and O–H groups in total. The van der Waals surface area contributed by atoms with Crippen molar-refractivity contribution >= 4 is 0 Å².